The molecule has 3 N–H and O–H groups in total. The molecule has 0 bridgehead atoms. The van der Waals surface area contributed by atoms with Gasteiger partial charge in [0.15, 0.2) is 17.5 Å². The van der Waals surface area contributed by atoms with E-state index in [4.69, 9.17) is 15.9 Å². The lowest BCUT2D eigenvalue weighted by Crippen LogP contribution is -2.21. The minimum atomic E-state index is -3.81. The van der Waals surface area contributed by atoms with Gasteiger partial charge in [0.25, 0.3) is 0 Å². The largest absolute Gasteiger partial charge is 0.429 e. The summed E-state index contributed by atoms with van der Waals surface area (Å²) < 4.78 is 89.2. The molecular weight excluding hydrogens is 518 g/mol. The van der Waals surface area contributed by atoms with Gasteiger partial charge >= 0.3 is 6.11 Å². The second-order valence-corrected chi connectivity index (χ2v) is 8.99. The number of halogens is 6. The van der Waals surface area contributed by atoms with Crippen molar-refractivity contribution in [2.75, 3.05) is 6.54 Å². The zero-order chi connectivity index (χ0) is 28.2. The van der Waals surface area contributed by atoms with Crippen LogP contribution in [0.5, 0.6) is 5.75 Å². The normalized spacial score (nSPS) is 12.3. The van der Waals surface area contributed by atoms with Crippen LogP contribution in [0.25, 0.3) is 22.3 Å². The average Bonchev–Trinajstić information content (AvgIpc) is 2.92. The summed E-state index contributed by atoms with van der Waals surface area (Å²) in [5, 5.41) is 7.35. The summed E-state index contributed by atoms with van der Waals surface area (Å²) in [5.41, 5.74) is 7.15. The van der Waals surface area contributed by atoms with Crippen LogP contribution in [0.4, 0.5) is 26.3 Å². The fraction of sp³-hybridized carbons (Fsp3) is 0.167. The van der Waals surface area contributed by atoms with Gasteiger partial charge in [-0.3, -0.25) is 0 Å². The number of aryl methyl sites for hydroxylation is 1. The van der Waals surface area contributed by atoms with Crippen molar-refractivity contribution in [2.45, 2.75) is 19.0 Å². The van der Waals surface area contributed by atoms with Crippen molar-refractivity contribution in [1.29, 1.82) is 5.41 Å². The van der Waals surface area contributed by atoms with Crippen LogP contribution in [-0.4, -0.2) is 12.8 Å². The third kappa shape index (κ3) is 6.49. The molecule has 4 aromatic carbocycles. The maximum absolute atomic E-state index is 14.8. The van der Waals surface area contributed by atoms with Crippen LogP contribution in [0.3, 0.4) is 0 Å². The van der Waals surface area contributed by atoms with E-state index >= 15 is 0 Å². The highest BCUT2D eigenvalue weighted by Crippen LogP contribution is 2.35. The van der Waals surface area contributed by atoms with Gasteiger partial charge in [0.1, 0.15) is 11.6 Å². The molecule has 4 aromatic rings. The number of rotatable bonds is 10. The van der Waals surface area contributed by atoms with E-state index in [1.165, 1.54) is 30.5 Å². The minimum absolute atomic E-state index is 0.0273. The van der Waals surface area contributed by atoms with E-state index in [1.54, 1.807) is 0 Å². The van der Waals surface area contributed by atoms with Crippen LogP contribution in [0.1, 0.15) is 17.5 Å². The summed E-state index contributed by atoms with van der Waals surface area (Å²) in [5.74, 6) is -6.27. The molecule has 0 aliphatic rings. The highest BCUT2D eigenvalue weighted by molar-refractivity contribution is 5.66. The van der Waals surface area contributed by atoms with Gasteiger partial charge in [0, 0.05) is 24.1 Å². The molecule has 3 nitrogen and oxygen atoms in total. The predicted octanol–water partition coefficient (Wildman–Crippen LogP) is 7.86. The lowest BCUT2D eigenvalue weighted by Gasteiger charge is -2.19. The molecule has 9 heteroatoms. The summed E-state index contributed by atoms with van der Waals surface area (Å²) in [6, 6.07) is 17.0. The van der Waals surface area contributed by atoms with Gasteiger partial charge in [0.05, 0.1) is 5.56 Å². The number of nitrogens with two attached hydrogens (primary N) is 1. The van der Waals surface area contributed by atoms with Crippen molar-refractivity contribution in [3.05, 3.63) is 113 Å². The van der Waals surface area contributed by atoms with E-state index in [2.05, 4.69) is 0 Å². The first-order valence-electron chi connectivity index (χ1n) is 12.0. The molecule has 0 aromatic heterocycles. The van der Waals surface area contributed by atoms with Crippen molar-refractivity contribution in [3.63, 3.8) is 0 Å². The molecule has 4 rings (SSSR count). The molecular formula is C30H24F6N2O. The second kappa shape index (κ2) is 11.7. The summed E-state index contributed by atoms with van der Waals surface area (Å²) in [4.78, 5) is 0. The van der Waals surface area contributed by atoms with Gasteiger partial charge in [-0.1, -0.05) is 36.4 Å². The van der Waals surface area contributed by atoms with Crippen molar-refractivity contribution in [3.8, 4) is 28.0 Å². The molecule has 1 unspecified atom stereocenters. The van der Waals surface area contributed by atoms with Crippen LogP contribution >= 0.6 is 0 Å². The molecule has 0 amide bonds. The molecule has 0 heterocycles. The SMILES string of the molecule is N=CC(CN)CCc1ccc(-c2ccc(C(F)(F)Oc3ccc(-c4cc(F)c(F)c(F)c4)c(F)c3)cc2)cc1. The van der Waals surface area contributed by atoms with E-state index in [0.717, 1.165) is 36.1 Å². The quantitative estimate of drug-likeness (QED) is 0.122. The Balaban J connectivity index is 1.45. The second-order valence-electron chi connectivity index (χ2n) is 8.99. The average molecular weight is 543 g/mol. The van der Waals surface area contributed by atoms with Crippen LogP contribution < -0.4 is 10.5 Å². The maximum atomic E-state index is 14.8. The maximum Gasteiger partial charge on any atom is 0.426 e. The molecule has 0 spiro atoms. The molecule has 39 heavy (non-hydrogen) atoms. The minimum Gasteiger partial charge on any atom is -0.429 e. The zero-order valence-electron chi connectivity index (χ0n) is 20.5. The van der Waals surface area contributed by atoms with Crippen molar-refractivity contribution >= 4 is 6.21 Å². The molecule has 0 saturated heterocycles. The third-order valence-electron chi connectivity index (χ3n) is 6.33. The van der Waals surface area contributed by atoms with Crippen LogP contribution in [0.15, 0.2) is 78.9 Å². The first kappa shape index (κ1) is 27.9. The van der Waals surface area contributed by atoms with Crippen LogP contribution in [0, 0.1) is 34.6 Å². The lowest BCUT2D eigenvalue weighted by atomic mass is 9.98. The summed E-state index contributed by atoms with van der Waals surface area (Å²) in [6.45, 7) is 0.418. The Kier molecular flexibility index (Phi) is 8.40. The van der Waals surface area contributed by atoms with E-state index in [1.807, 2.05) is 24.3 Å². The van der Waals surface area contributed by atoms with Gasteiger partial charge in [-0.2, -0.15) is 8.78 Å². The van der Waals surface area contributed by atoms with Crippen molar-refractivity contribution in [2.24, 2.45) is 11.7 Å². The molecule has 202 valence electrons. The van der Waals surface area contributed by atoms with E-state index in [-0.39, 0.29) is 17.0 Å². The highest BCUT2D eigenvalue weighted by atomic mass is 19.3. The summed E-state index contributed by atoms with van der Waals surface area (Å²) in [6.07, 6.45) is -0.934. The van der Waals surface area contributed by atoms with Gasteiger partial charge in [-0.15, -0.1) is 0 Å². The Morgan fingerprint density at radius 1 is 0.769 bits per heavy atom. The van der Waals surface area contributed by atoms with Gasteiger partial charge in [-0.25, -0.2) is 17.6 Å². The monoisotopic (exact) mass is 542 g/mol. The zero-order valence-corrected chi connectivity index (χ0v) is 20.5. The molecule has 0 saturated carbocycles. The van der Waals surface area contributed by atoms with Gasteiger partial charge in [0.2, 0.25) is 0 Å². The fourth-order valence-electron chi connectivity index (χ4n) is 4.05. The molecule has 0 radical (unpaired) electrons. The summed E-state index contributed by atoms with van der Waals surface area (Å²) >= 11 is 0. The van der Waals surface area contributed by atoms with Gasteiger partial charge < -0.3 is 15.9 Å². The third-order valence-corrected chi connectivity index (χ3v) is 6.33. The first-order chi connectivity index (χ1) is 18.6. The standard InChI is InChI=1S/C30H24F6N2O/c31-26-15-24(11-12-25(26)22-13-27(32)29(34)28(33)14-22)39-30(35,36)23-9-7-21(8-10-23)20-5-3-18(4-6-20)1-2-19(16-37)17-38/h3-16,19,37H,1-2,17,38H2. The van der Waals surface area contributed by atoms with Crippen molar-refractivity contribution < 1.29 is 31.1 Å². The Hall–Kier alpha value is -4.11. The van der Waals surface area contributed by atoms with E-state index in [0.29, 0.717) is 30.3 Å². The number of nitrogens with one attached hydrogen (secondary N) is 1. The molecule has 0 fully saturated rings. The number of ether oxygens (including phenoxy) is 1. The fourth-order valence-corrected chi connectivity index (χ4v) is 4.05. The Labute approximate surface area is 221 Å². The lowest BCUT2D eigenvalue weighted by molar-refractivity contribution is -0.185. The van der Waals surface area contributed by atoms with Crippen molar-refractivity contribution in [1.82, 2.24) is 0 Å². The molecule has 0 aliphatic carbocycles. The number of benzene rings is 4. The Morgan fingerprint density at radius 2 is 1.36 bits per heavy atom. The number of alkyl halides is 2. The van der Waals surface area contributed by atoms with E-state index in [9.17, 15) is 26.3 Å². The smallest absolute Gasteiger partial charge is 0.426 e. The molecule has 0 aliphatic heterocycles. The first-order valence-corrected chi connectivity index (χ1v) is 12.0. The van der Waals surface area contributed by atoms with Crippen LogP contribution in [0.2, 0.25) is 0 Å². The van der Waals surface area contributed by atoms with Gasteiger partial charge in [-0.05, 0) is 77.7 Å². The molecule has 1 atom stereocenters. The number of hydrogen-bond donors (Lipinski definition) is 2. The predicted molar refractivity (Wildman–Crippen MR) is 138 cm³/mol. The van der Waals surface area contributed by atoms with E-state index < -0.39 is 40.7 Å². The number of hydrogen-bond acceptors (Lipinski definition) is 3. The Bertz CT molecular complexity index is 1430. The van der Waals surface area contributed by atoms with Crippen LogP contribution in [-0.2, 0) is 12.5 Å². The Morgan fingerprint density at radius 3 is 1.90 bits per heavy atom. The topological polar surface area (TPSA) is 59.1 Å². The highest BCUT2D eigenvalue weighted by Gasteiger charge is 2.34. The summed E-state index contributed by atoms with van der Waals surface area (Å²) in [7, 11) is 0.